The Labute approximate surface area is 191 Å². The number of imide groups is 1. The monoisotopic (exact) mass is 450 g/mol. The van der Waals surface area contributed by atoms with Crippen molar-refractivity contribution in [3.05, 3.63) is 59.7 Å². The van der Waals surface area contributed by atoms with Crippen molar-refractivity contribution in [2.24, 2.45) is 0 Å². The third-order valence-electron chi connectivity index (χ3n) is 6.13. The number of amides is 5. The molecule has 0 radical (unpaired) electrons. The summed E-state index contributed by atoms with van der Waals surface area (Å²) >= 11 is 0. The highest BCUT2D eigenvalue weighted by atomic mass is 16.5. The summed E-state index contributed by atoms with van der Waals surface area (Å²) in [5, 5.41) is 5.51. The Morgan fingerprint density at radius 2 is 1.91 bits per heavy atom. The fourth-order valence-corrected chi connectivity index (χ4v) is 4.31. The van der Waals surface area contributed by atoms with E-state index in [-0.39, 0.29) is 6.54 Å². The normalized spacial score (nSPS) is 19.2. The molecule has 172 valence electrons. The average Bonchev–Trinajstić information content (AvgIpc) is 3.02. The Kier molecular flexibility index (Phi) is 6.04. The van der Waals surface area contributed by atoms with Crippen LogP contribution < -0.4 is 15.4 Å². The van der Waals surface area contributed by atoms with Crippen molar-refractivity contribution in [2.75, 3.05) is 32.6 Å². The lowest BCUT2D eigenvalue weighted by Crippen LogP contribution is -2.51. The molecule has 9 heteroatoms. The van der Waals surface area contributed by atoms with Crippen LogP contribution in [-0.4, -0.2) is 66.3 Å². The van der Waals surface area contributed by atoms with Gasteiger partial charge in [0.25, 0.3) is 5.91 Å². The van der Waals surface area contributed by atoms with E-state index >= 15 is 0 Å². The third-order valence-corrected chi connectivity index (χ3v) is 6.13. The van der Waals surface area contributed by atoms with Crippen LogP contribution in [0.3, 0.4) is 0 Å². The maximum Gasteiger partial charge on any atom is 0.325 e. The Morgan fingerprint density at radius 1 is 1.15 bits per heavy atom. The minimum absolute atomic E-state index is 0.224. The van der Waals surface area contributed by atoms with Gasteiger partial charge < -0.3 is 20.3 Å². The topological polar surface area (TPSA) is 108 Å². The van der Waals surface area contributed by atoms with E-state index in [0.29, 0.717) is 30.7 Å². The zero-order valence-corrected chi connectivity index (χ0v) is 18.6. The number of fused-ring (bicyclic) bond motifs is 1. The van der Waals surface area contributed by atoms with Crippen LogP contribution in [0.25, 0.3) is 0 Å². The Bertz CT molecular complexity index is 1120. The van der Waals surface area contributed by atoms with Gasteiger partial charge in [0.2, 0.25) is 11.8 Å². The van der Waals surface area contributed by atoms with E-state index in [1.54, 1.807) is 24.3 Å². The second-order valence-electron chi connectivity index (χ2n) is 8.38. The van der Waals surface area contributed by atoms with Crippen molar-refractivity contribution in [1.29, 1.82) is 0 Å². The van der Waals surface area contributed by atoms with Gasteiger partial charge in [-0.25, -0.2) is 4.79 Å². The molecule has 1 heterocycles. The molecule has 1 spiro atoms. The molecule has 2 aliphatic rings. The van der Waals surface area contributed by atoms with Gasteiger partial charge >= 0.3 is 6.03 Å². The largest absolute Gasteiger partial charge is 0.497 e. The molecular formula is C24H26N4O5. The van der Waals surface area contributed by atoms with Crippen LogP contribution in [0, 0.1) is 0 Å². The highest BCUT2D eigenvalue weighted by Crippen LogP contribution is 2.33. The number of hydrogen-bond donors (Lipinski definition) is 2. The van der Waals surface area contributed by atoms with Crippen molar-refractivity contribution >= 4 is 29.4 Å². The second-order valence-corrected chi connectivity index (χ2v) is 8.38. The summed E-state index contributed by atoms with van der Waals surface area (Å²) in [7, 11) is 2.98. The maximum atomic E-state index is 13.2. The van der Waals surface area contributed by atoms with Crippen LogP contribution in [0.4, 0.5) is 10.5 Å². The van der Waals surface area contributed by atoms with Crippen LogP contribution >= 0.6 is 0 Å². The number of benzene rings is 2. The Hall–Kier alpha value is -3.88. The lowest BCUT2D eigenvalue weighted by molar-refractivity contribution is -0.139. The molecule has 1 aliphatic heterocycles. The van der Waals surface area contributed by atoms with E-state index in [1.165, 1.54) is 24.6 Å². The van der Waals surface area contributed by atoms with E-state index < -0.39 is 35.8 Å². The van der Waals surface area contributed by atoms with Crippen molar-refractivity contribution in [3.8, 4) is 5.75 Å². The van der Waals surface area contributed by atoms with E-state index in [9.17, 15) is 19.2 Å². The number of nitrogens with one attached hydrogen (secondary N) is 2. The van der Waals surface area contributed by atoms with Gasteiger partial charge in [-0.2, -0.15) is 0 Å². The smallest absolute Gasteiger partial charge is 0.325 e. The summed E-state index contributed by atoms with van der Waals surface area (Å²) in [4.78, 5) is 52.9. The molecule has 5 amide bonds. The summed E-state index contributed by atoms with van der Waals surface area (Å²) in [6.07, 6.45) is 1.56. The number of carbonyl (C=O) groups is 4. The molecule has 1 saturated heterocycles. The lowest BCUT2D eigenvalue weighted by atomic mass is 9.78. The van der Waals surface area contributed by atoms with Gasteiger partial charge in [-0.3, -0.25) is 19.3 Å². The molecule has 33 heavy (non-hydrogen) atoms. The molecule has 1 unspecified atom stereocenters. The van der Waals surface area contributed by atoms with Gasteiger partial charge in [-0.05, 0) is 36.1 Å². The molecule has 0 saturated carbocycles. The second kappa shape index (κ2) is 8.93. The van der Waals surface area contributed by atoms with Gasteiger partial charge in [0.05, 0.1) is 13.7 Å². The number of nitrogens with zero attached hydrogens (tertiary/aromatic N) is 2. The molecule has 2 aromatic rings. The van der Waals surface area contributed by atoms with Crippen LogP contribution in [-0.2, 0) is 27.2 Å². The maximum absolute atomic E-state index is 13.2. The predicted octanol–water partition coefficient (Wildman–Crippen LogP) is 1.57. The SMILES string of the molecule is COc1cccc(NC(=O)CN(C)C(=O)CN2C(=O)NC3(CCc4ccccc4C3)C2=O)c1. The minimum atomic E-state index is -1.02. The first-order chi connectivity index (χ1) is 15.8. The van der Waals surface area contributed by atoms with E-state index in [4.69, 9.17) is 4.74 Å². The number of rotatable bonds is 6. The molecule has 0 aromatic heterocycles. The minimum Gasteiger partial charge on any atom is -0.497 e. The number of methoxy groups -OCH3 is 1. The molecule has 4 rings (SSSR count). The number of anilines is 1. The standard InChI is InChI=1S/C24H26N4O5/c1-27(14-20(29)25-18-8-5-9-19(12-18)33-2)21(30)15-28-22(31)24(26-23(28)32)11-10-16-6-3-4-7-17(16)13-24/h3-9,12H,10-11,13-15H2,1-2H3,(H,25,29)(H,26,32). The lowest BCUT2D eigenvalue weighted by Gasteiger charge is -2.32. The van der Waals surface area contributed by atoms with Gasteiger partial charge in [-0.15, -0.1) is 0 Å². The predicted molar refractivity (Wildman–Crippen MR) is 121 cm³/mol. The van der Waals surface area contributed by atoms with Crippen molar-refractivity contribution in [2.45, 2.75) is 24.8 Å². The molecule has 9 nitrogen and oxygen atoms in total. The molecule has 2 N–H and O–H groups in total. The van der Waals surface area contributed by atoms with Gasteiger partial charge in [0, 0.05) is 25.2 Å². The number of carbonyl (C=O) groups excluding carboxylic acids is 4. The third kappa shape index (κ3) is 4.52. The summed E-state index contributed by atoms with van der Waals surface area (Å²) in [5.74, 6) is -0.719. The summed E-state index contributed by atoms with van der Waals surface area (Å²) < 4.78 is 5.13. The van der Waals surface area contributed by atoms with Crippen molar-refractivity contribution in [3.63, 3.8) is 0 Å². The fraction of sp³-hybridized carbons (Fsp3) is 0.333. The fourth-order valence-electron chi connectivity index (χ4n) is 4.31. The number of likely N-dealkylation sites (N-methyl/N-ethyl adjacent to an activating group) is 1. The summed E-state index contributed by atoms with van der Waals surface area (Å²) in [6.45, 7) is -0.644. The number of hydrogen-bond acceptors (Lipinski definition) is 5. The highest BCUT2D eigenvalue weighted by molar-refractivity contribution is 6.09. The number of urea groups is 1. The molecule has 1 fully saturated rings. The first kappa shape index (κ1) is 22.3. The summed E-state index contributed by atoms with van der Waals surface area (Å²) in [6, 6.07) is 14.1. The van der Waals surface area contributed by atoms with E-state index in [0.717, 1.165) is 10.5 Å². The molecular weight excluding hydrogens is 424 g/mol. The van der Waals surface area contributed by atoms with Crippen molar-refractivity contribution in [1.82, 2.24) is 15.1 Å². The van der Waals surface area contributed by atoms with Crippen LogP contribution in [0.15, 0.2) is 48.5 Å². The average molecular weight is 450 g/mol. The number of aryl methyl sites for hydroxylation is 1. The number of ether oxygens (including phenoxy) is 1. The first-order valence-corrected chi connectivity index (χ1v) is 10.7. The zero-order chi connectivity index (χ0) is 23.6. The molecule has 2 aromatic carbocycles. The molecule has 0 bridgehead atoms. The molecule has 1 atom stereocenters. The summed E-state index contributed by atoms with van der Waals surface area (Å²) in [5.41, 5.74) is 1.71. The first-order valence-electron chi connectivity index (χ1n) is 10.7. The Morgan fingerprint density at radius 3 is 2.67 bits per heavy atom. The zero-order valence-electron chi connectivity index (χ0n) is 18.6. The van der Waals surface area contributed by atoms with Crippen LogP contribution in [0.1, 0.15) is 17.5 Å². The van der Waals surface area contributed by atoms with Gasteiger partial charge in [0.1, 0.15) is 17.8 Å². The van der Waals surface area contributed by atoms with Crippen LogP contribution in [0.5, 0.6) is 5.75 Å². The van der Waals surface area contributed by atoms with Crippen LogP contribution in [0.2, 0.25) is 0 Å². The van der Waals surface area contributed by atoms with E-state index in [2.05, 4.69) is 10.6 Å². The van der Waals surface area contributed by atoms with Crippen molar-refractivity contribution < 1.29 is 23.9 Å². The van der Waals surface area contributed by atoms with Gasteiger partial charge in [-0.1, -0.05) is 30.3 Å². The molecule has 1 aliphatic carbocycles. The van der Waals surface area contributed by atoms with Gasteiger partial charge in [0.15, 0.2) is 0 Å². The quantitative estimate of drug-likeness (QED) is 0.650. The Balaban J connectivity index is 1.36. The highest BCUT2D eigenvalue weighted by Gasteiger charge is 2.52. The van der Waals surface area contributed by atoms with E-state index in [1.807, 2.05) is 24.3 Å².